The third-order valence-corrected chi connectivity index (χ3v) is 4.04. The molecule has 1 fully saturated rings. The van der Waals surface area contributed by atoms with Gasteiger partial charge in [-0.2, -0.15) is 0 Å². The molecule has 0 atom stereocenters. The smallest absolute Gasteiger partial charge is 0.132 e. The van der Waals surface area contributed by atoms with Crippen LogP contribution in [-0.4, -0.2) is 11.5 Å². The van der Waals surface area contributed by atoms with Crippen LogP contribution in [-0.2, 0) is 4.79 Å². The molecule has 1 aliphatic carbocycles. The molecule has 0 unspecified atom stereocenters. The number of hydrogen-bond donors (Lipinski definition) is 1. The Hall–Kier alpha value is -2.16. The molecule has 2 aromatic rings. The van der Waals surface area contributed by atoms with Crippen molar-refractivity contribution in [2.45, 2.75) is 38.5 Å². The number of hydrogen-bond acceptors (Lipinski definition) is 3. The van der Waals surface area contributed by atoms with Crippen molar-refractivity contribution in [2.75, 3.05) is 5.73 Å². The summed E-state index contributed by atoms with van der Waals surface area (Å²) in [5.41, 5.74) is 9.04. The predicted molar refractivity (Wildman–Crippen MR) is 88.2 cm³/mol. The molecule has 0 saturated heterocycles. The minimum Gasteiger partial charge on any atom is -0.398 e. The molecule has 0 aromatic heterocycles. The Bertz CT molecular complexity index is 684. The molecule has 0 aliphatic heterocycles. The number of nitrogens with two attached hydrogens (primary N) is 1. The van der Waals surface area contributed by atoms with Crippen LogP contribution in [0.15, 0.2) is 41.4 Å². The number of rotatable bonds is 1. The van der Waals surface area contributed by atoms with E-state index in [9.17, 15) is 4.79 Å². The molecule has 108 valence electrons. The quantitative estimate of drug-likeness (QED) is 0.786. The first-order chi connectivity index (χ1) is 10.2. The van der Waals surface area contributed by atoms with Crippen molar-refractivity contribution in [2.24, 2.45) is 4.99 Å². The van der Waals surface area contributed by atoms with E-state index in [-0.39, 0.29) is 0 Å². The Labute approximate surface area is 124 Å². The molecule has 1 saturated carbocycles. The second-order valence-corrected chi connectivity index (χ2v) is 5.65. The number of aliphatic imine (C=N–C) groups is 1. The molecular formula is C18H20N2O. The number of benzene rings is 2. The third-order valence-electron chi connectivity index (χ3n) is 4.04. The highest BCUT2D eigenvalue weighted by atomic mass is 16.1. The molecule has 21 heavy (non-hydrogen) atoms. The molecule has 2 aromatic carbocycles. The summed E-state index contributed by atoms with van der Waals surface area (Å²) in [6.45, 7) is 0. The first-order valence-electron chi connectivity index (χ1n) is 7.59. The van der Waals surface area contributed by atoms with Crippen molar-refractivity contribution in [1.29, 1.82) is 0 Å². The van der Waals surface area contributed by atoms with E-state index in [1.807, 2.05) is 24.3 Å². The van der Waals surface area contributed by atoms with Gasteiger partial charge in [0.2, 0.25) is 0 Å². The predicted octanol–water partition coefficient (Wildman–Crippen LogP) is 4.42. The lowest BCUT2D eigenvalue weighted by atomic mass is 9.98. The molecule has 3 rings (SSSR count). The first kappa shape index (κ1) is 13.8. The van der Waals surface area contributed by atoms with Crippen LogP contribution in [0.5, 0.6) is 0 Å². The summed E-state index contributed by atoms with van der Waals surface area (Å²) in [7, 11) is 0. The summed E-state index contributed by atoms with van der Waals surface area (Å²) < 4.78 is 0. The van der Waals surface area contributed by atoms with E-state index in [4.69, 9.17) is 10.7 Å². The number of anilines is 1. The van der Waals surface area contributed by atoms with Crippen LogP contribution in [0.2, 0.25) is 0 Å². The summed E-state index contributed by atoms with van der Waals surface area (Å²) in [5, 5.41) is 2.16. The fourth-order valence-corrected chi connectivity index (χ4v) is 2.95. The van der Waals surface area contributed by atoms with Crippen LogP contribution in [0.4, 0.5) is 11.4 Å². The monoisotopic (exact) mass is 280 g/mol. The number of carbonyl (C=O) groups is 1. The Kier molecular flexibility index (Phi) is 4.00. The van der Waals surface area contributed by atoms with Crippen molar-refractivity contribution < 1.29 is 4.79 Å². The van der Waals surface area contributed by atoms with Crippen LogP contribution in [0.3, 0.4) is 0 Å². The molecule has 0 heterocycles. The molecule has 3 heteroatoms. The summed E-state index contributed by atoms with van der Waals surface area (Å²) in [6, 6.07) is 12.1. The third kappa shape index (κ3) is 3.13. The molecule has 2 N–H and O–H groups in total. The van der Waals surface area contributed by atoms with E-state index < -0.39 is 0 Å². The maximum atomic E-state index is 11.5. The van der Waals surface area contributed by atoms with Gasteiger partial charge in [0.15, 0.2) is 0 Å². The van der Waals surface area contributed by atoms with Gasteiger partial charge in [-0.3, -0.25) is 9.79 Å². The molecule has 0 radical (unpaired) electrons. The number of fused-ring (bicyclic) bond motifs is 1. The normalized spacial score (nSPS) is 16.6. The van der Waals surface area contributed by atoms with Crippen LogP contribution in [0.25, 0.3) is 10.8 Å². The van der Waals surface area contributed by atoms with Gasteiger partial charge in [0.05, 0.1) is 5.69 Å². The molecular weight excluding hydrogens is 260 g/mol. The molecule has 0 bridgehead atoms. The molecule has 3 nitrogen and oxygen atoms in total. The zero-order valence-corrected chi connectivity index (χ0v) is 12.1. The SMILES string of the molecule is Nc1cccc2cccc(N=C3CCCC(=O)CCC3)c12. The Morgan fingerprint density at radius 3 is 2.29 bits per heavy atom. The van der Waals surface area contributed by atoms with Crippen molar-refractivity contribution >= 4 is 33.6 Å². The van der Waals surface area contributed by atoms with E-state index in [1.54, 1.807) is 0 Å². The highest BCUT2D eigenvalue weighted by Gasteiger charge is 2.11. The van der Waals surface area contributed by atoms with Crippen molar-refractivity contribution in [3.05, 3.63) is 36.4 Å². The number of carbonyl (C=O) groups excluding carboxylic acids is 1. The van der Waals surface area contributed by atoms with Gasteiger partial charge >= 0.3 is 0 Å². The zero-order chi connectivity index (χ0) is 14.7. The van der Waals surface area contributed by atoms with E-state index >= 15 is 0 Å². The van der Waals surface area contributed by atoms with Gasteiger partial charge in [-0.15, -0.1) is 0 Å². The average Bonchev–Trinajstić information content (AvgIpc) is 2.45. The molecule has 1 aliphatic rings. The van der Waals surface area contributed by atoms with Crippen molar-refractivity contribution in [3.63, 3.8) is 0 Å². The van der Waals surface area contributed by atoms with E-state index in [2.05, 4.69) is 12.1 Å². The average molecular weight is 280 g/mol. The Morgan fingerprint density at radius 2 is 1.57 bits per heavy atom. The minimum atomic E-state index is 0.392. The van der Waals surface area contributed by atoms with Crippen molar-refractivity contribution in [3.8, 4) is 0 Å². The highest BCUT2D eigenvalue weighted by Crippen LogP contribution is 2.31. The van der Waals surface area contributed by atoms with Gasteiger partial charge in [-0.05, 0) is 43.2 Å². The Balaban J connectivity index is 1.96. The largest absolute Gasteiger partial charge is 0.398 e. The van der Waals surface area contributed by atoms with Crippen molar-refractivity contribution in [1.82, 2.24) is 0 Å². The van der Waals surface area contributed by atoms with Gasteiger partial charge in [0.25, 0.3) is 0 Å². The van der Waals surface area contributed by atoms with Crippen LogP contribution >= 0.6 is 0 Å². The van der Waals surface area contributed by atoms with Crippen LogP contribution in [0.1, 0.15) is 38.5 Å². The summed E-state index contributed by atoms with van der Waals surface area (Å²) >= 11 is 0. The molecule has 0 amide bonds. The second-order valence-electron chi connectivity index (χ2n) is 5.65. The topological polar surface area (TPSA) is 55.4 Å². The number of ketones is 1. The summed E-state index contributed by atoms with van der Waals surface area (Å²) in [5.74, 6) is 0.392. The van der Waals surface area contributed by atoms with Gasteiger partial charge in [0.1, 0.15) is 5.78 Å². The molecule has 0 spiro atoms. The van der Waals surface area contributed by atoms with E-state index in [0.717, 1.165) is 47.8 Å². The van der Waals surface area contributed by atoms with Crippen LogP contribution in [0, 0.1) is 0 Å². The standard InChI is InChI=1S/C18H20N2O/c19-16-11-1-5-13-6-2-12-17(18(13)16)20-14-7-3-9-15(21)10-4-8-14/h1-2,5-6,11-12H,3-4,7-10,19H2. The number of Topliss-reactive ketones (excluding diaryl/α,β-unsaturated/α-hetero) is 1. The zero-order valence-electron chi connectivity index (χ0n) is 12.1. The van der Waals surface area contributed by atoms with Gasteiger partial charge in [0, 0.05) is 29.6 Å². The number of nitrogens with zero attached hydrogens (tertiary/aromatic N) is 1. The minimum absolute atomic E-state index is 0.392. The fraction of sp³-hybridized carbons (Fsp3) is 0.333. The highest BCUT2D eigenvalue weighted by molar-refractivity contribution is 6.03. The first-order valence-corrected chi connectivity index (χ1v) is 7.59. The number of nitrogen functional groups attached to an aromatic ring is 1. The van der Waals surface area contributed by atoms with Crippen LogP contribution < -0.4 is 5.73 Å². The van der Waals surface area contributed by atoms with E-state index in [0.29, 0.717) is 18.6 Å². The summed E-state index contributed by atoms with van der Waals surface area (Å²) in [4.78, 5) is 16.3. The fourth-order valence-electron chi connectivity index (χ4n) is 2.95. The maximum absolute atomic E-state index is 11.5. The van der Waals surface area contributed by atoms with E-state index in [1.165, 1.54) is 5.71 Å². The maximum Gasteiger partial charge on any atom is 0.132 e. The lowest BCUT2D eigenvalue weighted by Gasteiger charge is -2.12. The Morgan fingerprint density at radius 1 is 0.905 bits per heavy atom. The second kappa shape index (κ2) is 6.08. The lowest BCUT2D eigenvalue weighted by molar-refractivity contribution is -0.119. The van der Waals surface area contributed by atoms with Gasteiger partial charge in [-0.1, -0.05) is 24.3 Å². The lowest BCUT2D eigenvalue weighted by Crippen LogP contribution is -2.07. The van der Waals surface area contributed by atoms with Gasteiger partial charge in [-0.25, -0.2) is 0 Å². The van der Waals surface area contributed by atoms with Gasteiger partial charge < -0.3 is 5.73 Å². The summed E-state index contributed by atoms with van der Waals surface area (Å²) in [6.07, 6.45) is 5.03.